The van der Waals surface area contributed by atoms with E-state index in [2.05, 4.69) is 15.9 Å². The highest BCUT2D eigenvalue weighted by atomic mass is 79.9. The Kier molecular flexibility index (Phi) is 7.21. The van der Waals surface area contributed by atoms with E-state index < -0.39 is 12.1 Å². The van der Waals surface area contributed by atoms with Crippen LogP contribution in [0.2, 0.25) is 0 Å². The summed E-state index contributed by atoms with van der Waals surface area (Å²) in [7, 11) is 1.30. The van der Waals surface area contributed by atoms with Crippen molar-refractivity contribution in [3.05, 3.63) is 64.1 Å². The Bertz CT molecular complexity index is 764. The first-order valence-electron chi connectivity index (χ1n) is 8.23. The Hall–Kier alpha value is -2.34. The van der Waals surface area contributed by atoms with Crippen LogP contribution in [0.4, 0.5) is 0 Å². The van der Waals surface area contributed by atoms with Gasteiger partial charge in [0.1, 0.15) is 12.3 Å². The van der Waals surface area contributed by atoms with E-state index in [4.69, 9.17) is 9.47 Å². The van der Waals surface area contributed by atoms with Gasteiger partial charge in [0.25, 0.3) is 5.91 Å². The number of methoxy groups -OCH3 is 1. The zero-order chi connectivity index (χ0) is 19.1. The Morgan fingerprint density at radius 3 is 2.46 bits per heavy atom. The maximum atomic E-state index is 12.9. The monoisotopic (exact) mass is 419 g/mol. The summed E-state index contributed by atoms with van der Waals surface area (Å²) in [6.45, 7) is 3.81. The molecule has 0 radical (unpaired) electrons. The molecule has 5 nitrogen and oxygen atoms in total. The molecule has 2 aromatic rings. The fourth-order valence-corrected chi connectivity index (χ4v) is 3.02. The van der Waals surface area contributed by atoms with E-state index in [-0.39, 0.29) is 12.5 Å². The van der Waals surface area contributed by atoms with Gasteiger partial charge in [-0.25, -0.2) is 0 Å². The van der Waals surface area contributed by atoms with Gasteiger partial charge in [0, 0.05) is 6.54 Å². The third kappa shape index (κ3) is 5.59. The molecule has 26 heavy (non-hydrogen) atoms. The molecule has 0 aromatic heterocycles. The van der Waals surface area contributed by atoms with Gasteiger partial charge in [-0.05, 0) is 53.0 Å². The third-order valence-corrected chi connectivity index (χ3v) is 4.43. The number of carbonyl (C=O) groups excluding carboxylic acids is 2. The van der Waals surface area contributed by atoms with Crippen LogP contribution in [0.15, 0.2) is 53.0 Å². The van der Waals surface area contributed by atoms with Crippen molar-refractivity contribution in [2.75, 3.05) is 13.7 Å². The zero-order valence-electron chi connectivity index (χ0n) is 15.1. The first-order chi connectivity index (χ1) is 12.4. The van der Waals surface area contributed by atoms with Crippen LogP contribution in [0.3, 0.4) is 0 Å². The zero-order valence-corrected chi connectivity index (χ0v) is 16.7. The summed E-state index contributed by atoms with van der Waals surface area (Å²) >= 11 is 3.44. The largest absolute Gasteiger partial charge is 0.480 e. The molecule has 0 saturated carbocycles. The number of rotatable bonds is 7. The van der Waals surface area contributed by atoms with E-state index in [1.165, 1.54) is 12.0 Å². The molecule has 1 amide bonds. The second-order valence-corrected chi connectivity index (χ2v) is 6.80. The second-order valence-electron chi connectivity index (χ2n) is 5.95. The molecular formula is C20H22BrNO4. The van der Waals surface area contributed by atoms with Crippen molar-refractivity contribution in [3.8, 4) is 5.75 Å². The average molecular weight is 420 g/mol. The Balaban J connectivity index is 2.14. The number of amides is 1. The van der Waals surface area contributed by atoms with Gasteiger partial charge in [-0.15, -0.1) is 0 Å². The minimum absolute atomic E-state index is 0.132. The van der Waals surface area contributed by atoms with Crippen molar-refractivity contribution in [1.29, 1.82) is 0 Å². The molecule has 138 valence electrons. The molecule has 0 aliphatic heterocycles. The normalized spacial score (nSPS) is 11.5. The summed E-state index contributed by atoms with van der Waals surface area (Å²) in [5, 5.41) is 0. The number of aryl methyl sites for hydroxylation is 1. The second kappa shape index (κ2) is 9.38. The molecular weight excluding hydrogens is 398 g/mol. The van der Waals surface area contributed by atoms with Crippen molar-refractivity contribution in [2.45, 2.75) is 26.5 Å². The van der Waals surface area contributed by atoms with E-state index in [0.29, 0.717) is 12.3 Å². The highest BCUT2D eigenvalue weighted by Crippen LogP contribution is 2.27. The van der Waals surface area contributed by atoms with Crippen LogP contribution >= 0.6 is 15.9 Å². The van der Waals surface area contributed by atoms with Gasteiger partial charge in [-0.1, -0.05) is 36.4 Å². The first-order valence-corrected chi connectivity index (χ1v) is 9.02. The van der Waals surface area contributed by atoms with Crippen LogP contribution in [0, 0.1) is 6.92 Å². The standard InChI is InChI=1S/C20H22BrNO4/c1-14-9-10-18(17(21)11-14)26-15(2)20(24)22(13-19(23)25-3)12-16-7-5-4-6-8-16/h4-11,15H,12-13H2,1-3H3. The lowest BCUT2D eigenvalue weighted by Gasteiger charge is -2.25. The predicted octanol–water partition coefficient (Wildman–Crippen LogP) is 3.73. The summed E-state index contributed by atoms with van der Waals surface area (Å²) in [4.78, 5) is 26.0. The molecule has 2 aromatic carbocycles. The molecule has 1 unspecified atom stereocenters. The summed E-state index contributed by atoms with van der Waals surface area (Å²) in [6, 6.07) is 15.1. The molecule has 0 fully saturated rings. The lowest BCUT2D eigenvalue weighted by atomic mass is 10.2. The van der Waals surface area contributed by atoms with Gasteiger partial charge in [-0.2, -0.15) is 0 Å². The smallest absolute Gasteiger partial charge is 0.325 e. The molecule has 2 rings (SSSR count). The number of nitrogens with zero attached hydrogens (tertiary/aromatic N) is 1. The molecule has 6 heteroatoms. The molecule has 0 spiro atoms. The van der Waals surface area contributed by atoms with Crippen LogP contribution in [0.25, 0.3) is 0 Å². The predicted molar refractivity (Wildman–Crippen MR) is 103 cm³/mol. The van der Waals surface area contributed by atoms with Gasteiger partial charge in [-0.3, -0.25) is 9.59 Å². The molecule has 0 aliphatic rings. The number of hydrogen-bond acceptors (Lipinski definition) is 4. The van der Waals surface area contributed by atoms with Crippen LogP contribution in [-0.2, 0) is 20.9 Å². The van der Waals surface area contributed by atoms with Gasteiger partial charge in [0.15, 0.2) is 6.10 Å². The molecule has 1 atom stereocenters. The number of halogens is 1. The van der Waals surface area contributed by atoms with Gasteiger partial charge < -0.3 is 14.4 Å². The molecule has 0 saturated heterocycles. The summed E-state index contributed by atoms with van der Waals surface area (Å²) in [6.07, 6.45) is -0.748. The van der Waals surface area contributed by atoms with Crippen molar-refractivity contribution >= 4 is 27.8 Å². The van der Waals surface area contributed by atoms with Crippen molar-refractivity contribution in [3.63, 3.8) is 0 Å². The number of hydrogen-bond donors (Lipinski definition) is 0. The highest BCUT2D eigenvalue weighted by molar-refractivity contribution is 9.10. The molecule has 0 bridgehead atoms. The Morgan fingerprint density at radius 2 is 1.85 bits per heavy atom. The summed E-state index contributed by atoms with van der Waals surface area (Å²) in [5.41, 5.74) is 2.01. The van der Waals surface area contributed by atoms with Crippen LogP contribution < -0.4 is 4.74 Å². The quantitative estimate of drug-likeness (QED) is 0.641. The van der Waals surface area contributed by atoms with Gasteiger partial charge >= 0.3 is 5.97 Å². The summed E-state index contributed by atoms with van der Waals surface area (Å²) < 4.78 is 11.3. The SMILES string of the molecule is COC(=O)CN(Cc1ccccc1)C(=O)C(C)Oc1ccc(C)cc1Br. The number of benzene rings is 2. The van der Waals surface area contributed by atoms with Crippen molar-refractivity contribution < 1.29 is 19.1 Å². The van der Waals surface area contributed by atoms with E-state index >= 15 is 0 Å². The lowest BCUT2D eigenvalue weighted by Crippen LogP contribution is -2.43. The van der Waals surface area contributed by atoms with Gasteiger partial charge in [0.2, 0.25) is 0 Å². The van der Waals surface area contributed by atoms with Gasteiger partial charge in [0.05, 0.1) is 11.6 Å². The van der Waals surface area contributed by atoms with Crippen molar-refractivity contribution in [1.82, 2.24) is 4.90 Å². The molecule has 0 aliphatic carbocycles. The Labute approximate surface area is 162 Å². The fourth-order valence-electron chi connectivity index (χ4n) is 2.44. The van der Waals surface area contributed by atoms with E-state index in [1.54, 1.807) is 6.92 Å². The minimum Gasteiger partial charge on any atom is -0.480 e. The molecule has 0 N–H and O–H groups in total. The Morgan fingerprint density at radius 1 is 1.15 bits per heavy atom. The van der Waals surface area contributed by atoms with E-state index in [9.17, 15) is 9.59 Å². The number of esters is 1. The maximum absolute atomic E-state index is 12.9. The number of ether oxygens (including phenoxy) is 2. The highest BCUT2D eigenvalue weighted by Gasteiger charge is 2.25. The lowest BCUT2D eigenvalue weighted by molar-refractivity contribution is -0.150. The summed E-state index contributed by atoms with van der Waals surface area (Å²) in [5.74, 6) is -0.182. The van der Waals surface area contributed by atoms with E-state index in [0.717, 1.165) is 15.6 Å². The van der Waals surface area contributed by atoms with Crippen LogP contribution in [0.1, 0.15) is 18.1 Å². The average Bonchev–Trinajstić information content (AvgIpc) is 2.63. The topological polar surface area (TPSA) is 55.8 Å². The van der Waals surface area contributed by atoms with E-state index in [1.807, 2.05) is 55.5 Å². The van der Waals surface area contributed by atoms with Crippen LogP contribution in [-0.4, -0.2) is 36.5 Å². The molecule has 0 heterocycles. The first kappa shape index (κ1) is 20.0. The number of carbonyl (C=O) groups is 2. The van der Waals surface area contributed by atoms with Crippen LogP contribution in [0.5, 0.6) is 5.75 Å². The third-order valence-electron chi connectivity index (χ3n) is 3.81. The fraction of sp³-hybridized carbons (Fsp3) is 0.300. The van der Waals surface area contributed by atoms with Crippen molar-refractivity contribution in [2.24, 2.45) is 0 Å². The maximum Gasteiger partial charge on any atom is 0.325 e. The minimum atomic E-state index is -0.748.